The predicted molar refractivity (Wildman–Crippen MR) is 84.7 cm³/mol. The van der Waals surface area contributed by atoms with E-state index < -0.39 is 0 Å². The number of nitrogens with zero attached hydrogens (tertiary/aromatic N) is 2. The number of piperidine rings is 1. The van der Waals surface area contributed by atoms with E-state index in [9.17, 15) is 4.79 Å². The number of hydrogen-bond donors (Lipinski definition) is 1. The first kappa shape index (κ1) is 18.0. The molecule has 1 saturated heterocycles. The topological polar surface area (TPSA) is 72.4 Å². The van der Waals surface area contributed by atoms with Crippen molar-refractivity contribution in [3.05, 3.63) is 17.5 Å². The van der Waals surface area contributed by atoms with Crippen LogP contribution >= 0.6 is 12.4 Å². The van der Waals surface area contributed by atoms with Crippen molar-refractivity contribution in [1.82, 2.24) is 10.1 Å². The number of nitrogens with two attached hydrogens (primary N) is 1. The number of likely N-dealkylation sites (tertiary alicyclic amines) is 1. The van der Waals surface area contributed by atoms with Gasteiger partial charge in [-0.1, -0.05) is 32.9 Å². The van der Waals surface area contributed by atoms with E-state index in [0.29, 0.717) is 24.8 Å². The van der Waals surface area contributed by atoms with Gasteiger partial charge < -0.3 is 15.2 Å². The van der Waals surface area contributed by atoms with Crippen LogP contribution in [0.1, 0.15) is 62.7 Å². The fraction of sp³-hybridized carbons (Fsp3) is 0.733. The van der Waals surface area contributed by atoms with E-state index in [4.69, 9.17) is 10.3 Å². The van der Waals surface area contributed by atoms with Crippen LogP contribution in [0.25, 0.3) is 0 Å². The molecule has 1 amide bonds. The molecule has 2 atom stereocenters. The van der Waals surface area contributed by atoms with Crippen LogP contribution in [-0.2, 0) is 0 Å². The Labute approximate surface area is 132 Å². The maximum absolute atomic E-state index is 12.5. The molecule has 1 aliphatic rings. The summed E-state index contributed by atoms with van der Waals surface area (Å²) in [5, 5.41) is 4.01. The first-order chi connectivity index (χ1) is 9.35. The zero-order chi connectivity index (χ0) is 14.9. The van der Waals surface area contributed by atoms with Crippen LogP contribution in [0.2, 0.25) is 0 Å². The molecule has 0 saturated carbocycles. The van der Waals surface area contributed by atoms with E-state index in [1.54, 1.807) is 6.07 Å². The molecule has 1 aromatic heterocycles. The fourth-order valence-electron chi connectivity index (χ4n) is 2.53. The van der Waals surface area contributed by atoms with Gasteiger partial charge in [0, 0.05) is 31.1 Å². The molecular formula is C15H26ClN3O2. The Hall–Kier alpha value is -1.07. The van der Waals surface area contributed by atoms with Crippen molar-refractivity contribution in [2.75, 3.05) is 13.1 Å². The van der Waals surface area contributed by atoms with Crippen molar-refractivity contribution in [3.63, 3.8) is 0 Å². The van der Waals surface area contributed by atoms with Crippen molar-refractivity contribution in [2.24, 2.45) is 11.1 Å². The summed E-state index contributed by atoms with van der Waals surface area (Å²) in [7, 11) is 0. The van der Waals surface area contributed by atoms with Gasteiger partial charge in [-0.05, 0) is 18.3 Å². The Morgan fingerprint density at radius 1 is 1.62 bits per heavy atom. The maximum atomic E-state index is 12.5. The van der Waals surface area contributed by atoms with E-state index in [1.165, 1.54) is 0 Å². The number of carbonyl (C=O) groups is 1. The molecule has 1 fully saturated rings. The third-order valence-electron chi connectivity index (χ3n) is 4.46. The second kappa shape index (κ2) is 6.79. The van der Waals surface area contributed by atoms with Gasteiger partial charge in [0.25, 0.3) is 5.91 Å². The number of rotatable bonds is 3. The van der Waals surface area contributed by atoms with Gasteiger partial charge in [0.2, 0.25) is 5.76 Å². The number of aromatic nitrogens is 1. The van der Waals surface area contributed by atoms with Gasteiger partial charge in [-0.2, -0.15) is 0 Å². The minimum absolute atomic E-state index is 0. The molecule has 0 bridgehead atoms. The molecule has 0 spiro atoms. The van der Waals surface area contributed by atoms with E-state index in [-0.39, 0.29) is 29.8 Å². The van der Waals surface area contributed by atoms with Crippen LogP contribution in [0.3, 0.4) is 0 Å². The van der Waals surface area contributed by atoms with Crippen molar-refractivity contribution in [1.29, 1.82) is 0 Å². The maximum Gasteiger partial charge on any atom is 0.292 e. The Kier molecular flexibility index (Phi) is 5.82. The second-order valence-electron chi connectivity index (χ2n) is 6.54. The summed E-state index contributed by atoms with van der Waals surface area (Å²) in [4.78, 5) is 14.3. The number of halogens is 1. The first-order valence-corrected chi connectivity index (χ1v) is 7.36. The summed E-state index contributed by atoms with van der Waals surface area (Å²) in [5.74, 6) is 0.574. The van der Waals surface area contributed by atoms with Crippen LogP contribution in [0.15, 0.2) is 10.6 Å². The third-order valence-corrected chi connectivity index (χ3v) is 4.46. The normalized spacial score (nSPS) is 22.5. The molecular weight excluding hydrogens is 290 g/mol. The fourth-order valence-corrected chi connectivity index (χ4v) is 2.53. The molecule has 21 heavy (non-hydrogen) atoms. The lowest BCUT2D eigenvalue weighted by Gasteiger charge is -2.42. The molecule has 120 valence electrons. The van der Waals surface area contributed by atoms with Gasteiger partial charge in [-0.3, -0.25) is 4.79 Å². The molecule has 1 aromatic rings. The van der Waals surface area contributed by atoms with Crippen LogP contribution in [-0.4, -0.2) is 35.1 Å². The van der Waals surface area contributed by atoms with Crippen molar-refractivity contribution in [3.8, 4) is 0 Å². The Bertz CT molecular complexity index is 487. The standard InChI is InChI=1S/C15H25N3O2.ClH/c1-5-10(2)11-8-12(20-17-11)14(19)18-7-6-13(16)15(3,4)9-18;/h8,10,13H,5-7,9,16H2,1-4H3;1H. The molecule has 6 heteroatoms. The van der Waals surface area contributed by atoms with E-state index in [0.717, 1.165) is 18.5 Å². The molecule has 2 rings (SSSR count). The van der Waals surface area contributed by atoms with Crippen LogP contribution < -0.4 is 5.73 Å². The number of amides is 1. The molecule has 0 aliphatic carbocycles. The van der Waals surface area contributed by atoms with Gasteiger partial charge in [0.05, 0.1) is 5.69 Å². The minimum atomic E-state index is -0.0768. The highest BCUT2D eigenvalue weighted by Crippen LogP contribution is 2.29. The van der Waals surface area contributed by atoms with Gasteiger partial charge in [-0.15, -0.1) is 12.4 Å². The average Bonchev–Trinajstić information content (AvgIpc) is 2.89. The molecule has 0 radical (unpaired) electrons. The highest BCUT2D eigenvalue weighted by atomic mass is 35.5. The summed E-state index contributed by atoms with van der Waals surface area (Å²) in [6.45, 7) is 9.71. The lowest BCUT2D eigenvalue weighted by atomic mass is 9.79. The van der Waals surface area contributed by atoms with Gasteiger partial charge in [0.15, 0.2) is 0 Å². The zero-order valence-corrected chi connectivity index (χ0v) is 14.1. The highest BCUT2D eigenvalue weighted by molar-refractivity contribution is 5.91. The Morgan fingerprint density at radius 3 is 2.86 bits per heavy atom. The van der Waals surface area contributed by atoms with Crippen molar-refractivity contribution in [2.45, 2.75) is 52.5 Å². The SMILES string of the molecule is CCC(C)c1cc(C(=O)N2CCC(N)C(C)(C)C2)on1.Cl. The van der Waals surface area contributed by atoms with Gasteiger partial charge >= 0.3 is 0 Å². The Balaban J connectivity index is 0.00000220. The lowest BCUT2D eigenvalue weighted by Crippen LogP contribution is -2.53. The summed E-state index contributed by atoms with van der Waals surface area (Å²) >= 11 is 0. The van der Waals surface area contributed by atoms with Crippen LogP contribution in [0.4, 0.5) is 0 Å². The Morgan fingerprint density at radius 2 is 2.29 bits per heavy atom. The second-order valence-corrected chi connectivity index (χ2v) is 6.54. The smallest absolute Gasteiger partial charge is 0.292 e. The van der Waals surface area contributed by atoms with Gasteiger partial charge in [0.1, 0.15) is 0 Å². The molecule has 2 unspecified atom stereocenters. The van der Waals surface area contributed by atoms with E-state index in [2.05, 4.69) is 32.9 Å². The summed E-state index contributed by atoms with van der Waals surface area (Å²) in [5.41, 5.74) is 6.89. The number of carbonyl (C=O) groups excluding carboxylic acids is 1. The first-order valence-electron chi connectivity index (χ1n) is 7.36. The lowest BCUT2D eigenvalue weighted by molar-refractivity contribution is 0.0495. The summed E-state index contributed by atoms with van der Waals surface area (Å²) in [6, 6.07) is 1.91. The average molecular weight is 316 g/mol. The summed E-state index contributed by atoms with van der Waals surface area (Å²) in [6.07, 6.45) is 1.80. The van der Waals surface area contributed by atoms with Gasteiger partial charge in [-0.25, -0.2) is 0 Å². The largest absolute Gasteiger partial charge is 0.351 e. The predicted octanol–water partition coefficient (Wildman–Crippen LogP) is 2.81. The number of hydrogen-bond acceptors (Lipinski definition) is 4. The van der Waals surface area contributed by atoms with Crippen LogP contribution in [0.5, 0.6) is 0 Å². The molecule has 2 N–H and O–H groups in total. The van der Waals surface area contributed by atoms with Crippen molar-refractivity contribution < 1.29 is 9.32 Å². The highest BCUT2D eigenvalue weighted by Gasteiger charge is 2.36. The zero-order valence-electron chi connectivity index (χ0n) is 13.3. The van der Waals surface area contributed by atoms with E-state index >= 15 is 0 Å². The molecule has 1 aliphatic heterocycles. The molecule has 2 heterocycles. The summed E-state index contributed by atoms with van der Waals surface area (Å²) < 4.78 is 5.23. The minimum Gasteiger partial charge on any atom is -0.351 e. The third kappa shape index (κ3) is 3.77. The van der Waals surface area contributed by atoms with E-state index in [1.807, 2.05) is 4.90 Å². The van der Waals surface area contributed by atoms with Crippen molar-refractivity contribution >= 4 is 18.3 Å². The monoisotopic (exact) mass is 315 g/mol. The molecule has 5 nitrogen and oxygen atoms in total. The molecule has 0 aromatic carbocycles. The quantitative estimate of drug-likeness (QED) is 0.931. The van der Waals surface area contributed by atoms with Crippen LogP contribution in [0, 0.1) is 5.41 Å².